The second-order valence-corrected chi connectivity index (χ2v) is 4.71. The van der Waals surface area contributed by atoms with Gasteiger partial charge in [-0.1, -0.05) is 43.7 Å². The summed E-state index contributed by atoms with van der Waals surface area (Å²) in [6.07, 6.45) is 1.70. The minimum absolute atomic E-state index is 0.532. The summed E-state index contributed by atoms with van der Waals surface area (Å²) in [4.78, 5) is 0. The molecular weight excluding hydrogens is 236 g/mol. The number of rotatable bonds is 5. The molecule has 2 nitrogen and oxygen atoms in total. The molecule has 0 aromatic heterocycles. The van der Waals surface area contributed by atoms with Gasteiger partial charge in [-0.25, -0.2) is 0 Å². The summed E-state index contributed by atoms with van der Waals surface area (Å²) < 4.78 is 5.84. The fourth-order valence-corrected chi connectivity index (χ4v) is 2.06. The van der Waals surface area contributed by atoms with Crippen molar-refractivity contribution >= 4 is 0 Å². The first-order valence-electron chi connectivity index (χ1n) is 6.74. The first-order valence-corrected chi connectivity index (χ1v) is 6.74. The molecule has 1 N–H and O–H groups in total. The Labute approximate surface area is 114 Å². The monoisotopic (exact) mass is 256 g/mol. The molecule has 100 valence electrons. The maximum atomic E-state index is 9.72. The third-order valence-electron chi connectivity index (χ3n) is 3.06. The normalized spacial score (nSPS) is 12.2. The summed E-state index contributed by atoms with van der Waals surface area (Å²) >= 11 is 0. The molecule has 0 radical (unpaired) electrons. The van der Waals surface area contributed by atoms with Crippen molar-refractivity contribution in [2.24, 2.45) is 0 Å². The Kier molecular flexibility index (Phi) is 4.58. The van der Waals surface area contributed by atoms with E-state index in [1.807, 2.05) is 36.4 Å². The van der Waals surface area contributed by atoms with Crippen LogP contribution in [0, 0.1) is 0 Å². The van der Waals surface area contributed by atoms with Crippen molar-refractivity contribution in [1.82, 2.24) is 0 Å². The predicted octanol–water partition coefficient (Wildman–Crippen LogP) is 4.48. The van der Waals surface area contributed by atoms with E-state index < -0.39 is 6.10 Å². The van der Waals surface area contributed by atoms with Crippen molar-refractivity contribution in [2.45, 2.75) is 32.8 Å². The first kappa shape index (κ1) is 13.6. The largest absolute Gasteiger partial charge is 0.457 e. The Morgan fingerprint density at radius 1 is 1.05 bits per heavy atom. The van der Waals surface area contributed by atoms with Crippen LogP contribution < -0.4 is 4.74 Å². The van der Waals surface area contributed by atoms with Crippen LogP contribution in [0.3, 0.4) is 0 Å². The molecule has 1 atom stereocenters. The van der Waals surface area contributed by atoms with Gasteiger partial charge in [0.1, 0.15) is 11.5 Å². The summed E-state index contributed by atoms with van der Waals surface area (Å²) in [7, 11) is 0. The molecule has 2 rings (SSSR count). The van der Waals surface area contributed by atoms with Crippen LogP contribution in [0.1, 0.15) is 37.5 Å². The number of hydrogen-bond acceptors (Lipinski definition) is 2. The molecule has 0 bridgehead atoms. The lowest BCUT2D eigenvalue weighted by molar-refractivity contribution is 0.195. The van der Waals surface area contributed by atoms with Crippen molar-refractivity contribution < 1.29 is 9.84 Å². The van der Waals surface area contributed by atoms with Gasteiger partial charge in [0, 0.05) is 5.56 Å². The second kappa shape index (κ2) is 6.39. The summed E-state index contributed by atoms with van der Waals surface area (Å²) in [6.45, 7) is 3.91. The van der Waals surface area contributed by atoms with Crippen LogP contribution >= 0.6 is 0 Å². The van der Waals surface area contributed by atoms with Crippen LogP contribution in [0.25, 0.3) is 0 Å². The van der Waals surface area contributed by atoms with E-state index in [2.05, 4.69) is 19.1 Å². The van der Waals surface area contributed by atoms with Gasteiger partial charge in [0.05, 0.1) is 6.10 Å². The van der Waals surface area contributed by atoms with Crippen molar-refractivity contribution in [2.75, 3.05) is 0 Å². The molecule has 0 unspecified atom stereocenters. The Bertz CT molecular complexity index is 515. The van der Waals surface area contributed by atoms with Crippen LogP contribution in [0.5, 0.6) is 11.5 Å². The van der Waals surface area contributed by atoms with E-state index in [0.29, 0.717) is 5.75 Å². The van der Waals surface area contributed by atoms with E-state index in [1.165, 1.54) is 5.56 Å². The predicted molar refractivity (Wildman–Crippen MR) is 77.6 cm³/mol. The summed E-state index contributed by atoms with van der Waals surface area (Å²) in [6, 6.07) is 15.7. The SMILES string of the molecule is CCCc1ccc(Oc2ccccc2[C@H](C)O)cc1. The van der Waals surface area contributed by atoms with E-state index >= 15 is 0 Å². The van der Waals surface area contributed by atoms with Gasteiger partial charge in [0.15, 0.2) is 0 Å². The molecule has 0 aliphatic carbocycles. The lowest BCUT2D eigenvalue weighted by Crippen LogP contribution is -1.95. The fraction of sp³-hybridized carbons (Fsp3) is 0.294. The van der Waals surface area contributed by atoms with Gasteiger partial charge in [0.2, 0.25) is 0 Å². The number of ether oxygens (including phenoxy) is 1. The van der Waals surface area contributed by atoms with Gasteiger partial charge < -0.3 is 9.84 Å². The van der Waals surface area contributed by atoms with Crippen LogP contribution in [0.2, 0.25) is 0 Å². The highest BCUT2D eigenvalue weighted by Crippen LogP contribution is 2.29. The van der Waals surface area contributed by atoms with Crippen LogP contribution in [0.4, 0.5) is 0 Å². The Hall–Kier alpha value is -1.80. The molecule has 0 amide bonds. The Balaban J connectivity index is 2.17. The maximum absolute atomic E-state index is 9.72. The first-order chi connectivity index (χ1) is 9.20. The third kappa shape index (κ3) is 3.58. The number of hydrogen-bond donors (Lipinski definition) is 1. The summed E-state index contributed by atoms with van der Waals surface area (Å²) in [5, 5.41) is 9.72. The summed E-state index contributed by atoms with van der Waals surface area (Å²) in [5.41, 5.74) is 2.12. The fourth-order valence-electron chi connectivity index (χ4n) is 2.06. The quantitative estimate of drug-likeness (QED) is 0.854. The van der Waals surface area contributed by atoms with Gasteiger partial charge in [-0.2, -0.15) is 0 Å². The van der Waals surface area contributed by atoms with Gasteiger partial charge in [-0.15, -0.1) is 0 Å². The topological polar surface area (TPSA) is 29.5 Å². The Morgan fingerprint density at radius 3 is 2.37 bits per heavy atom. The molecule has 0 spiro atoms. The molecule has 0 aliphatic rings. The molecule has 0 fully saturated rings. The minimum atomic E-state index is -0.532. The van der Waals surface area contributed by atoms with Gasteiger partial charge in [-0.05, 0) is 37.1 Å². The molecule has 2 aromatic carbocycles. The number of aryl methyl sites for hydroxylation is 1. The molecule has 2 aromatic rings. The number of aliphatic hydroxyl groups is 1. The van der Waals surface area contributed by atoms with E-state index in [-0.39, 0.29) is 0 Å². The van der Waals surface area contributed by atoms with Crippen LogP contribution in [-0.4, -0.2) is 5.11 Å². The average Bonchev–Trinajstić information content (AvgIpc) is 2.42. The zero-order valence-electron chi connectivity index (χ0n) is 11.5. The highest BCUT2D eigenvalue weighted by atomic mass is 16.5. The van der Waals surface area contributed by atoms with E-state index in [9.17, 15) is 5.11 Å². The molecule has 0 aliphatic heterocycles. The maximum Gasteiger partial charge on any atom is 0.133 e. The lowest BCUT2D eigenvalue weighted by Gasteiger charge is -2.13. The van der Waals surface area contributed by atoms with Gasteiger partial charge >= 0.3 is 0 Å². The average molecular weight is 256 g/mol. The second-order valence-electron chi connectivity index (χ2n) is 4.71. The van der Waals surface area contributed by atoms with Crippen molar-refractivity contribution in [3.05, 3.63) is 59.7 Å². The highest BCUT2D eigenvalue weighted by molar-refractivity contribution is 5.39. The smallest absolute Gasteiger partial charge is 0.133 e. The molecule has 0 saturated heterocycles. The molecular formula is C17H20O2. The number of benzene rings is 2. The van der Waals surface area contributed by atoms with Crippen molar-refractivity contribution in [3.8, 4) is 11.5 Å². The van der Waals surface area contributed by atoms with Gasteiger partial charge in [-0.3, -0.25) is 0 Å². The highest BCUT2D eigenvalue weighted by Gasteiger charge is 2.08. The van der Waals surface area contributed by atoms with E-state index in [0.717, 1.165) is 24.2 Å². The number of para-hydroxylation sites is 1. The number of aliphatic hydroxyl groups excluding tert-OH is 1. The van der Waals surface area contributed by atoms with Gasteiger partial charge in [0.25, 0.3) is 0 Å². The van der Waals surface area contributed by atoms with Crippen LogP contribution in [-0.2, 0) is 6.42 Å². The summed E-state index contributed by atoms with van der Waals surface area (Å²) in [5.74, 6) is 1.51. The third-order valence-corrected chi connectivity index (χ3v) is 3.06. The molecule has 0 heterocycles. The van der Waals surface area contributed by atoms with Crippen molar-refractivity contribution in [1.29, 1.82) is 0 Å². The zero-order chi connectivity index (χ0) is 13.7. The zero-order valence-corrected chi connectivity index (χ0v) is 11.5. The standard InChI is InChI=1S/C17H20O2/c1-3-6-14-9-11-15(12-10-14)19-17-8-5-4-7-16(17)13(2)18/h4-5,7-13,18H,3,6H2,1-2H3/t13-/m0/s1. The Morgan fingerprint density at radius 2 is 1.74 bits per heavy atom. The van der Waals surface area contributed by atoms with E-state index in [1.54, 1.807) is 6.92 Å². The van der Waals surface area contributed by atoms with Crippen molar-refractivity contribution in [3.63, 3.8) is 0 Å². The van der Waals surface area contributed by atoms with E-state index in [4.69, 9.17) is 4.74 Å². The minimum Gasteiger partial charge on any atom is -0.457 e. The molecule has 19 heavy (non-hydrogen) atoms. The van der Waals surface area contributed by atoms with Crippen LogP contribution in [0.15, 0.2) is 48.5 Å². The molecule has 0 saturated carbocycles. The molecule has 2 heteroatoms. The lowest BCUT2D eigenvalue weighted by atomic mass is 10.1.